The number of hydrogen-bond donors (Lipinski definition) is 2. The van der Waals surface area contributed by atoms with Gasteiger partial charge in [0.15, 0.2) is 15.0 Å². The minimum Gasteiger partial charge on any atom is -0.309 e. The van der Waals surface area contributed by atoms with Crippen molar-refractivity contribution in [2.24, 2.45) is 7.05 Å². The Labute approximate surface area is 179 Å². The summed E-state index contributed by atoms with van der Waals surface area (Å²) in [6, 6.07) is 5.01. The molecule has 3 rings (SSSR count). The summed E-state index contributed by atoms with van der Waals surface area (Å²) in [7, 11) is -1.28. The van der Waals surface area contributed by atoms with Crippen LogP contribution in [0.5, 0.6) is 0 Å². The molecule has 1 aliphatic rings. The average molecular weight is 452 g/mol. The van der Waals surface area contributed by atoms with Gasteiger partial charge in [-0.15, -0.1) is 10.2 Å². The molecule has 0 aliphatic carbocycles. The van der Waals surface area contributed by atoms with E-state index in [-0.39, 0.29) is 17.4 Å². The van der Waals surface area contributed by atoms with Gasteiger partial charge in [0.1, 0.15) is 5.82 Å². The van der Waals surface area contributed by atoms with E-state index in [1.807, 2.05) is 26.0 Å². The van der Waals surface area contributed by atoms with Gasteiger partial charge in [0.2, 0.25) is 5.91 Å². The number of thioether (sulfide) groups is 1. The van der Waals surface area contributed by atoms with Crippen molar-refractivity contribution in [3.05, 3.63) is 35.2 Å². The molecule has 1 fully saturated rings. The number of sulfone groups is 1. The van der Waals surface area contributed by atoms with E-state index >= 15 is 0 Å². The summed E-state index contributed by atoms with van der Waals surface area (Å²) in [6.45, 7) is 5.51. The molecular formula is C19H25N5O4S2. The molecule has 0 bridgehead atoms. The third-order valence-electron chi connectivity index (χ3n) is 4.98. The maximum atomic E-state index is 12.4. The molecule has 2 atom stereocenters. The maximum Gasteiger partial charge on any atom is 0.325 e. The summed E-state index contributed by atoms with van der Waals surface area (Å²) in [6.07, 6.45) is 0.521. The number of aryl methyl sites for hydroxylation is 2. The number of carbonyl (C=O) groups is 2. The molecule has 0 radical (unpaired) electrons. The van der Waals surface area contributed by atoms with Gasteiger partial charge in [-0.05, 0) is 38.8 Å². The molecule has 3 amide bonds. The normalized spacial score (nSPS) is 18.7. The molecule has 2 heterocycles. The number of benzene rings is 1. The number of nitrogens with zero attached hydrogens (tertiary/aromatic N) is 3. The fourth-order valence-electron chi connectivity index (χ4n) is 3.32. The van der Waals surface area contributed by atoms with Crippen LogP contribution in [0.1, 0.15) is 36.2 Å². The second-order valence-electron chi connectivity index (χ2n) is 7.52. The van der Waals surface area contributed by atoms with Gasteiger partial charge in [0, 0.05) is 18.7 Å². The van der Waals surface area contributed by atoms with Gasteiger partial charge in [-0.25, -0.2) is 13.2 Å². The SMILES string of the molecule is Cc1ccc(NC(=O)NC(=O)C(C)Sc2nnc(C3CCS(=O)(=O)C3)n2C)c(C)c1. The van der Waals surface area contributed by atoms with Crippen molar-refractivity contribution < 1.29 is 18.0 Å². The Bertz CT molecular complexity index is 1080. The van der Waals surface area contributed by atoms with Crippen molar-refractivity contribution in [3.8, 4) is 0 Å². The molecule has 162 valence electrons. The second-order valence-corrected chi connectivity index (χ2v) is 11.1. The molecule has 1 aromatic heterocycles. The van der Waals surface area contributed by atoms with Crippen LogP contribution >= 0.6 is 11.8 Å². The highest BCUT2D eigenvalue weighted by Crippen LogP contribution is 2.30. The first-order chi connectivity index (χ1) is 14.1. The number of hydrogen-bond acceptors (Lipinski definition) is 7. The summed E-state index contributed by atoms with van der Waals surface area (Å²) in [5.41, 5.74) is 2.62. The van der Waals surface area contributed by atoms with Gasteiger partial charge in [-0.3, -0.25) is 10.1 Å². The van der Waals surface area contributed by atoms with Crippen LogP contribution in [0, 0.1) is 13.8 Å². The molecule has 2 N–H and O–H groups in total. The molecule has 30 heavy (non-hydrogen) atoms. The van der Waals surface area contributed by atoms with Crippen LogP contribution in [-0.2, 0) is 21.7 Å². The van der Waals surface area contributed by atoms with Crippen LogP contribution in [0.3, 0.4) is 0 Å². The molecule has 1 aromatic carbocycles. The van der Waals surface area contributed by atoms with Gasteiger partial charge in [0.25, 0.3) is 0 Å². The summed E-state index contributed by atoms with van der Waals surface area (Å²) in [5.74, 6) is 0.170. The van der Waals surface area contributed by atoms with Crippen molar-refractivity contribution in [2.45, 2.75) is 43.5 Å². The lowest BCUT2D eigenvalue weighted by molar-refractivity contribution is -0.119. The quantitative estimate of drug-likeness (QED) is 0.668. The second kappa shape index (κ2) is 8.76. The molecule has 0 spiro atoms. The van der Waals surface area contributed by atoms with Gasteiger partial charge in [-0.1, -0.05) is 29.5 Å². The Kier molecular flexibility index (Phi) is 6.51. The van der Waals surface area contributed by atoms with Crippen molar-refractivity contribution in [3.63, 3.8) is 0 Å². The lowest BCUT2D eigenvalue weighted by Crippen LogP contribution is -2.39. The monoisotopic (exact) mass is 451 g/mol. The van der Waals surface area contributed by atoms with E-state index in [0.29, 0.717) is 23.1 Å². The number of amides is 3. The van der Waals surface area contributed by atoms with E-state index in [2.05, 4.69) is 20.8 Å². The summed E-state index contributed by atoms with van der Waals surface area (Å²) in [4.78, 5) is 24.6. The number of carbonyl (C=O) groups excluding carboxylic acids is 2. The van der Waals surface area contributed by atoms with Crippen molar-refractivity contribution in [1.82, 2.24) is 20.1 Å². The Hall–Kier alpha value is -2.40. The van der Waals surface area contributed by atoms with Gasteiger partial charge < -0.3 is 9.88 Å². The Morgan fingerprint density at radius 1 is 1.27 bits per heavy atom. The van der Waals surface area contributed by atoms with Gasteiger partial charge in [-0.2, -0.15) is 0 Å². The summed E-state index contributed by atoms with van der Waals surface area (Å²) in [5, 5.41) is 13.1. The largest absolute Gasteiger partial charge is 0.325 e. The Balaban J connectivity index is 1.58. The van der Waals surface area contributed by atoms with E-state index in [1.54, 1.807) is 24.6 Å². The molecular weight excluding hydrogens is 426 g/mol. The minimum atomic E-state index is -3.03. The van der Waals surface area contributed by atoms with Gasteiger partial charge >= 0.3 is 6.03 Å². The lowest BCUT2D eigenvalue weighted by atomic mass is 10.1. The highest BCUT2D eigenvalue weighted by atomic mass is 32.2. The highest BCUT2D eigenvalue weighted by Gasteiger charge is 2.33. The fourth-order valence-corrected chi connectivity index (χ4v) is 5.88. The number of urea groups is 1. The maximum absolute atomic E-state index is 12.4. The zero-order valence-corrected chi connectivity index (χ0v) is 18.9. The Morgan fingerprint density at radius 2 is 2.00 bits per heavy atom. The first-order valence-corrected chi connectivity index (χ1v) is 12.2. The number of nitrogens with one attached hydrogen (secondary N) is 2. The van der Waals surface area contributed by atoms with E-state index in [9.17, 15) is 18.0 Å². The molecule has 1 saturated heterocycles. The lowest BCUT2D eigenvalue weighted by Gasteiger charge is -2.13. The fraction of sp³-hybridized carbons (Fsp3) is 0.474. The van der Waals surface area contributed by atoms with Crippen molar-refractivity contribution >= 4 is 39.2 Å². The zero-order valence-electron chi connectivity index (χ0n) is 17.3. The van der Waals surface area contributed by atoms with Crippen LogP contribution in [0.2, 0.25) is 0 Å². The number of anilines is 1. The number of aromatic nitrogens is 3. The smallest absolute Gasteiger partial charge is 0.309 e. The number of rotatable bonds is 5. The van der Waals surface area contributed by atoms with Crippen molar-refractivity contribution in [1.29, 1.82) is 0 Å². The predicted molar refractivity (Wildman–Crippen MR) is 115 cm³/mol. The van der Waals surface area contributed by atoms with Gasteiger partial charge in [0.05, 0.1) is 16.8 Å². The summed E-state index contributed by atoms with van der Waals surface area (Å²) < 4.78 is 25.2. The third kappa shape index (κ3) is 5.20. The van der Waals surface area contributed by atoms with Crippen LogP contribution < -0.4 is 10.6 Å². The first-order valence-electron chi connectivity index (χ1n) is 9.51. The van der Waals surface area contributed by atoms with Crippen LogP contribution in [0.4, 0.5) is 10.5 Å². The molecule has 11 heteroatoms. The van der Waals surface area contributed by atoms with E-state index < -0.39 is 27.0 Å². The first kappa shape index (κ1) is 22.3. The molecule has 1 aliphatic heterocycles. The molecule has 2 unspecified atom stereocenters. The number of imide groups is 1. The minimum absolute atomic E-state index is 0.0677. The average Bonchev–Trinajstić information content (AvgIpc) is 3.19. The van der Waals surface area contributed by atoms with E-state index in [1.165, 1.54) is 0 Å². The van der Waals surface area contributed by atoms with Crippen LogP contribution in [0.25, 0.3) is 0 Å². The van der Waals surface area contributed by atoms with Crippen molar-refractivity contribution in [2.75, 3.05) is 16.8 Å². The summed E-state index contributed by atoms with van der Waals surface area (Å²) >= 11 is 1.16. The van der Waals surface area contributed by atoms with Crippen LogP contribution in [0.15, 0.2) is 23.4 Å². The molecule has 2 aromatic rings. The Morgan fingerprint density at radius 3 is 2.63 bits per heavy atom. The third-order valence-corrected chi connectivity index (χ3v) is 7.89. The van der Waals surface area contributed by atoms with E-state index in [4.69, 9.17) is 0 Å². The predicted octanol–water partition coefficient (Wildman–Crippen LogP) is 2.16. The topological polar surface area (TPSA) is 123 Å². The van der Waals surface area contributed by atoms with E-state index in [0.717, 1.165) is 22.9 Å². The standard InChI is InChI=1S/C19H25N5O4S2/c1-11-5-6-15(12(2)9-11)20-18(26)21-17(25)13(3)29-19-23-22-16(24(19)4)14-7-8-30(27,28)10-14/h5-6,9,13-14H,7-8,10H2,1-4H3,(H2,20,21,25,26). The van der Waals surface area contributed by atoms with Crippen LogP contribution in [-0.4, -0.2) is 51.9 Å². The molecule has 9 nitrogen and oxygen atoms in total. The zero-order chi connectivity index (χ0) is 22.1. The highest BCUT2D eigenvalue weighted by molar-refractivity contribution is 8.00. The molecule has 0 saturated carbocycles.